The fraction of sp³-hybridized carbons (Fsp3) is 0.526. The van der Waals surface area contributed by atoms with Crippen LogP contribution in [0.25, 0.3) is 0 Å². The topological polar surface area (TPSA) is 86.7 Å². The van der Waals surface area contributed by atoms with E-state index in [0.29, 0.717) is 36.6 Å². The molecule has 3 rings (SSSR count). The number of hydrogen-bond acceptors (Lipinski definition) is 3. The molecule has 2 amide bonds. The van der Waals surface area contributed by atoms with Crippen molar-refractivity contribution in [2.45, 2.75) is 33.1 Å². The van der Waals surface area contributed by atoms with Gasteiger partial charge in [-0.3, -0.25) is 14.4 Å². The average molecular weight is 344 g/mol. The molecule has 0 bridgehead atoms. The van der Waals surface area contributed by atoms with Gasteiger partial charge in [-0.25, -0.2) is 0 Å². The van der Waals surface area contributed by atoms with Gasteiger partial charge in [0.15, 0.2) is 0 Å². The maximum atomic E-state index is 12.7. The number of aliphatic carboxylic acids is 1. The lowest BCUT2D eigenvalue weighted by molar-refractivity contribution is -0.150. The number of likely N-dealkylation sites (tertiary alicyclic amines) is 1. The van der Waals surface area contributed by atoms with Gasteiger partial charge in [-0.05, 0) is 56.4 Å². The quantitative estimate of drug-likeness (QED) is 0.879. The van der Waals surface area contributed by atoms with Gasteiger partial charge in [0, 0.05) is 30.3 Å². The zero-order valence-corrected chi connectivity index (χ0v) is 14.6. The predicted molar refractivity (Wildman–Crippen MR) is 93.2 cm³/mol. The SMILES string of the molecule is CC1CC1C(=O)Nc1ccc(C(=O)N2CCCC(C)(C(=O)O)C2)cc1. The molecule has 1 aromatic rings. The monoisotopic (exact) mass is 344 g/mol. The van der Waals surface area contributed by atoms with Crippen LogP contribution in [-0.4, -0.2) is 40.9 Å². The van der Waals surface area contributed by atoms with E-state index in [1.807, 2.05) is 0 Å². The number of carboxylic acids is 1. The Morgan fingerprint density at radius 3 is 2.44 bits per heavy atom. The van der Waals surface area contributed by atoms with Crippen LogP contribution in [-0.2, 0) is 9.59 Å². The fourth-order valence-corrected chi connectivity index (χ4v) is 3.39. The van der Waals surface area contributed by atoms with Crippen LogP contribution in [0.3, 0.4) is 0 Å². The van der Waals surface area contributed by atoms with E-state index in [1.54, 1.807) is 36.1 Å². The summed E-state index contributed by atoms with van der Waals surface area (Å²) in [7, 11) is 0. The molecule has 3 unspecified atom stereocenters. The highest BCUT2D eigenvalue weighted by atomic mass is 16.4. The molecule has 1 saturated carbocycles. The van der Waals surface area contributed by atoms with E-state index in [4.69, 9.17) is 0 Å². The van der Waals surface area contributed by atoms with E-state index in [0.717, 1.165) is 6.42 Å². The van der Waals surface area contributed by atoms with Crippen molar-refractivity contribution in [1.82, 2.24) is 4.90 Å². The summed E-state index contributed by atoms with van der Waals surface area (Å²) in [5.74, 6) is -0.454. The second kappa shape index (κ2) is 6.50. The smallest absolute Gasteiger partial charge is 0.311 e. The molecule has 0 aromatic heterocycles. The molecular formula is C19H24N2O4. The lowest BCUT2D eigenvalue weighted by atomic mass is 9.82. The largest absolute Gasteiger partial charge is 0.481 e. The average Bonchev–Trinajstić information content (AvgIpc) is 3.32. The molecule has 1 heterocycles. The van der Waals surface area contributed by atoms with E-state index >= 15 is 0 Å². The molecule has 2 aliphatic rings. The number of hydrogen-bond donors (Lipinski definition) is 2. The van der Waals surface area contributed by atoms with Gasteiger partial charge >= 0.3 is 5.97 Å². The molecule has 0 radical (unpaired) electrons. The van der Waals surface area contributed by atoms with Gasteiger partial charge in [-0.1, -0.05) is 6.92 Å². The Bertz CT molecular complexity index is 700. The standard InChI is InChI=1S/C19H24N2O4/c1-12-10-15(12)16(22)20-14-6-4-13(5-7-14)17(23)21-9-3-8-19(2,11-21)18(24)25/h4-7,12,15H,3,8-11H2,1-2H3,(H,20,22)(H,24,25). The third kappa shape index (κ3) is 3.67. The predicted octanol–water partition coefficient (Wildman–Crippen LogP) is 2.61. The van der Waals surface area contributed by atoms with Crippen molar-refractivity contribution >= 4 is 23.5 Å². The summed E-state index contributed by atoms with van der Waals surface area (Å²) in [5, 5.41) is 12.2. The van der Waals surface area contributed by atoms with Crippen molar-refractivity contribution in [3.8, 4) is 0 Å². The first-order valence-electron chi connectivity index (χ1n) is 8.74. The molecule has 134 valence electrons. The molecule has 1 aromatic carbocycles. The van der Waals surface area contributed by atoms with Gasteiger partial charge < -0.3 is 15.3 Å². The minimum atomic E-state index is -0.886. The van der Waals surface area contributed by atoms with Gasteiger partial charge in [-0.15, -0.1) is 0 Å². The summed E-state index contributed by atoms with van der Waals surface area (Å²) in [6, 6.07) is 6.80. The van der Waals surface area contributed by atoms with Crippen LogP contribution >= 0.6 is 0 Å². The highest BCUT2D eigenvalue weighted by Crippen LogP contribution is 2.38. The van der Waals surface area contributed by atoms with Crippen molar-refractivity contribution in [3.05, 3.63) is 29.8 Å². The van der Waals surface area contributed by atoms with Crippen LogP contribution in [0.4, 0.5) is 5.69 Å². The minimum Gasteiger partial charge on any atom is -0.481 e. The van der Waals surface area contributed by atoms with Crippen LogP contribution < -0.4 is 5.32 Å². The van der Waals surface area contributed by atoms with Gasteiger partial charge in [0.25, 0.3) is 5.91 Å². The van der Waals surface area contributed by atoms with Crippen LogP contribution in [0.15, 0.2) is 24.3 Å². The van der Waals surface area contributed by atoms with Crippen LogP contribution in [0.1, 0.15) is 43.5 Å². The summed E-state index contributed by atoms with van der Waals surface area (Å²) in [6.45, 7) is 4.53. The molecule has 3 atom stereocenters. The molecule has 1 saturated heterocycles. The lowest BCUT2D eigenvalue weighted by Crippen LogP contribution is -2.48. The number of amides is 2. The summed E-state index contributed by atoms with van der Waals surface area (Å²) < 4.78 is 0. The van der Waals surface area contributed by atoms with Gasteiger partial charge in [0.05, 0.1) is 5.41 Å². The number of piperidine rings is 1. The highest BCUT2D eigenvalue weighted by molar-refractivity contribution is 5.97. The normalized spacial score (nSPS) is 28.3. The molecule has 6 heteroatoms. The third-order valence-electron chi connectivity index (χ3n) is 5.35. The number of carbonyl (C=O) groups is 3. The molecule has 1 aliphatic carbocycles. The molecule has 6 nitrogen and oxygen atoms in total. The number of rotatable bonds is 4. The van der Waals surface area contributed by atoms with Gasteiger partial charge in [0.1, 0.15) is 0 Å². The second-order valence-electron chi connectivity index (χ2n) is 7.58. The Labute approximate surface area is 147 Å². The Morgan fingerprint density at radius 1 is 1.24 bits per heavy atom. The minimum absolute atomic E-state index is 0.0276. The number of anilines is 1. The summed E-state index contributed by atoms with van der Waals surface area (Å²) >= 11 is 0. The summed E-state index contributed by atoms with van der Waals surface area (Å²) in [4.78, 5) is 37.6. The maximum Gasteiger partial charge on any atom is 0.311 e. The molecule has 25 heavy (non-hydrogen) atoms. The molecule has 0 spiro atoms. The Kier molecular flexibility index (Phi) is 4.54. The van der Waals surface area contributed by atoms with Crippen LogP contribution in [0.2, 0.25) is 0 Å². The number of carbonyl (C=O) groups excluding carboxylic acids is 2. The van der Waals surface area contributed by atoms with Gasteiger partial charge in [0.2, 0.25) is 5.91 Å². The molecular weight excluding hydrogens is 320 g/mol. The highest BCUT2D eigenvalue weighted by Gasteiger charge is 2.40. The van der Waals surface area contributed by atoms with Crippen LogP contribution in [0, 0.1) is 17.3 Å². The lowest BCUT2D eigenvalue weighted by Gasteiger charge is -2.37. The molecule has 2 fully saturated rings. The van der Waals surface area contributed by atoms with Crippen molar-refractivity contribution in [1.29, 1.82) is 0 Å². The van der Waals surface area contributed by atoms with E-state index in [2.05, 4.69) is 12.2 Å². The van der Waals surface area contributed by atoms with E-state index in [-0.39, 0.29) is 24.3 Å². The molecule has 2 N–H and O–H groups in total. The van der Waals surface area contributed by atoms with Crippen molar-refractivity contribution in [3.63, 3.8) is 0 Å². The number of nitrogens with one attached hydrogen (secondary N) is 1. The van der Waals surface area contributed by atoms with Crippen molar-refractivity contribution < 1.29 is 19.5 Å². The van der Waals surface area contributed by atoms with E-state index in [9.17, 15) is 19.5 Å². The Hall–Kier alpha value is -2.37. The zero-order valence-electron chi connectivity index (χ0n) is 14.6. The summed E-state index contributed by atoms with van der Waals surface area (Å²) in [6.07, 6.45) is 2.19. The molecule has 1 aliphatic heterocycles. The van der Waals surface area contributed by atoms with E-state index < -0.39 is 11.4 Å². The fourth-order valence-electron chi connectivity index (χ4n) is 3.39. The first-order chi connectivity index (χ1) is 11.8. The summed E-state index contributed by atoms with van der Waals surface area (Å²) in [5.41, 5.74) is 0.296. The number of carboxylic acid groups (broad SMARTS) is 1. The second-order valence-corrected chi connectivity index (χ2v) is 7.58. The number of benzene rings is 1. The first-order valence-corrected chi connectivity index (χ1v) is 8.74. The first kappa shape index (κ1) is 17.5. The Morgan fingerprint density at radius 2 is 1.88 bits per heavy atom. The van der Waals surface area contributed by atoms with Gasteiger partial charge in [-0.2, -0.15) is 0 Å². The third-order valence-corrected chi connectivity index (χ3v) is 5.35. The zero-order chi connectivity index (χ0) is 18.2. The van der Waals surface area contributed by atoms with Crippen molar-refractivity contribution in [2.24, 2.45) is 17.3 Å². The van der Waals surface area contributed by atoms with Crippen molar-refractivity contribution in [2.75, 3.05) is 18.4 Å². The van der Waals surface area contributed by atoms with Crippen LogP contribution in [0.5, 0.6) is 0 Å². The number of nitrogens with zero attached hydrogens (tertiary/aromatic N) is 1. The maximum absolute atomic E-state index is 12.7. The Balaban J connectivity index is 1.64. The van der Waals surface area contributed by atoms with E-state index in [1.165, 1.54) is 0 Å².